The highest BCUT2D eigenvalue weighted by Crippen LogP contribution is 2.40. The number of nitrogens with one attached hydrogen (secondary N) is 1. The first kappa shape index (κ1) is 48.4. The van der Waals surface area contributed by atoms with E-state index in [1.54, 1.807) is 0 Å². The van der Waals surface area contributed by atoms with Crippen molar-refractivity contribution in [1.82, 2.24) is 5.32 Å². The quantitative estimate of drug-likeness (QED) is 0.0468. The van der Waals surface area contributed by atoms with Crippen LogP contribution in [0.1, 0.15) is 204 Å². The van der Waals surface area contributed by atoms with Gasteiger partial charge in [-0.2, -0.15) is 0 Å². The molecule has 57 heavy (non-hydrogen) atoms. The summed E-state index contributed by atoms with van der Waals surface area (Å²) in [7, 11) is 0. The van der Waals surface area contributed by atoms with Gasteiger partial charge >= 0.3 is 0 Å². The lowest BCUT2D eigenvalue weighted by molar-refractivity contribution is -0.122. The summed E-state index contributed by atoms with van der Waals surface area (Å²) in [6, 6.07) is 31.6. The van der Waals surface area contributed by atoms with E-state index < -0.39 is 5.60 Å². The Morgan fingerprint density at radius 2 is 0.807 bits per heavy atom. The second kappa shape index (κ2) is 32.9. The summed E-state index contributed by atoms with van der Waals surface area (Å²) in [5.74, 6) is 0.119. The van der Waals surface area contributed by atoms with Gasteiger partial charge in [-0.3, -0.25) is 4.79 Å². The third-order valence-corrected chi connectivity index (χ3v) is 11.7. The fourth-order valence-corrected chi connectivity index (χ4v) is 8.14. The number of rotatable bonds is 37. The van der Waals surface area contributed by atoms with Crippen molar-refractivity contribution in [1.29, 1.82) is 0 Å². The van der Waals surface area contributed by atoms with Crippen LogP contribution < -0.4 is 5.32 Å². The Morgan fingerprint density at radius 3 is 1.18 bits per heavy atom. The van der Waals surface area contributed by atoms with Gasteiger partial charge < -0.3 is 14.8 Å². The minimum Gasteiger partial charge on any atom is -0.374 e. The van der Waals surface area contributed by atoms with Crippen LogP contribution in [0, 0.1) is 0 Å². The molecule has 3 rings (SSSR count). The molecule has 318 valence electrons. The molecule has 0 aliphatic heterocycles. The van der Waals surface area contributed by atoms with Crippen LogP contribution in [-0.4, -0.2) is 31.8 Å². The molecular weight excluding hydrogens is 699 g/mol. The number of amides is 1. The van der Waals surface area contributed by atoms with Crippen molar-refractivity contribution in [3.05, 3.63) is 108 Å². The van der Waals surface area contributed by atoms with Gasteiger partial charge in [-0.25, -0.2) is 0 Å². The molecule has 0 spiro atoms. The van der Waals surface area contributed by atoms with Crippen LogP contribution in [0.4, 0.5) is 0 Å². The number of hydrogen-bond acceptors (Lipinski definition) is 3. The van der Waals surface area contributed by atoms with E-state index in [-0.39, 0.29) is 12.0 Å². The van der Waals surface area contributed by atoms with E-state index in [0.717, 1.165) is 36.0 Å². The van der Waals surface area contributed by atoms with E-state index >= 15 is 0 Å². The largest absolute Gasteiger partial charge is 0.374 e. The molecule has 0 aliphatic carbocycles. The zero-order valence-electron chi connectivity index (χ0n) is 36.7. The molecule has 0 aliphatic rings. The van der Waals surface area contributed by atoms with Gasteiger partial charge in [-0.15, -0.1) is 0 Å². The summed E-state index contributed by atoms with van der Waals surface area (Å²) in [5.41, 5.74) is 2.40. The second-order valence-electron chi connectivity index (χ2n) is 16.6. The van der Waals surface area contributed by atoms with E-state index in [4.69, 9.17) is 9.47 Å². The van der Waals surface area contributed by atoms with E-state index in [0.29, 0.717) is 26.2 Å². The fourth-order valence-electron chi connectivity index (χ4n) is 8.14. The summed E-state index contributed by atoms with van der Waals surface area (Å²) in [6.07, 6.45) is 34.5. The predicted octanol–water partition coefficient (Wildman–Crippen LogP) is 15.1. The molecule has 4 nitrogen and oxygen atoms in total. The number of ether oxygens (including phenoxy) is 2. The summed E-state index contributed by atoms with van der Waals surface area (Å²) in [6.45, 7) is 6.05. The first-order valence-electron chi connectivity index (χ1n) is 23.9. The highest BCUT2D eigenvalue weighted by Gasteiger charge is 2.38. The predicted molar refractivity (Wildman–Crippen MR) is 244 cm³/mol. The van der Waals surface area contributed by atoms with Gasteiger partial charge in [0.25, 0.3) is 0 Å². The van der Waals surface area contributed by atoms with Gasteiger partial charge in [-0.05, 0) is 29.5 Å². The standard InChI is InChI=1S/C53H83NO3/c1-3-5-7-9-11-13-15-16-17-18-19-21-23-25-36-44-52(55)54-46-51(56-45-37-26-24-22-20-14-12-10-8-6-4-2)47-57-53(48-38-30-27-31-39-48,49-40-32-28-33-41-49)50-42-34-29-35-43-50/h27-35,38-43,51H,3-26,36-37,44-47H2,1-2H3,(H,54,55). The molecule has 0 radical (unpaired) electrons. The van der Waals surface area contributed by atoms with Crippen molar-refractivity contribution >= 4 is 5.91 Å². The summed E-state index contributed by atoms with van der Waals surface area (Å²) in [5, 5.41) is 3.24. The summed E-state index contributed by atoms with van der Waals surface area (Å²) in [4.78, 5) is 13.1. The molecule has 1 amide bonds. The molecule has 0 aromatic heterocycles. The maximum absolute atomic E-state index is 13.1. The van der Waals surface area contributed by atoms with E-state index in [9.17, 15) is 4.79 Å². The van der Waals surface area contributed by atoms with Crippen LogP contribution in [0.5, 0.6) is 0 Å². The van der Waals surface area contributed by atoms with Crippen molar-refractivity contribution in [2.75, 3.05) is 19.8 Å². The molecule has 0 saturated heterocycles. The Labute approximate surface area is 350 Å². The molecule has 3 aromatic rings. The number of unbranched alkanes of at least 4 members (excludes halogenated alkanes) is 24. The first-order valence-corrected chi connectivity index (χ1v) is 23.9. The number of hydrogen-bond donors (Lipinski definition) is 1. The summed E-state index contributed by atoms with van der Waals surface area (Å²) < 4.78 is 13.7. The average molecular weight is 782 g/mol. The number of benzene rings is 3. The van der Waals surface area contributed by atoms with Gasteiger partial charge in [0, 0.05) is 19.6 Å². The minimum atomic E-state index is -0.820. The summed E-state index contributed by atoms with van der Waals surface area (Å²) >= 11 is 0. The molecule has 0 bridgehead atoms. The molecule has 0 saturated carbocycles. The molecule has 0 heterocycles. The lowest BCUT2D eigenvalue weighted by Gasteiger charge is -2.37. The molecule has 1 atom stereocenters. The molecule has 3 aromatic carbocycles. The first-order chi connectivity index (χ1) is 28.2. The lowest BCUT2D eigenvalue weighted by Crippen LogP contribution is -2.41. The zero-order valence-corrected chi connectivity index (χ0v) is 36.7. The molecule has 4 heteroatoms. The minimum absolute atomic E-state index is 0.119. The van der Waals surface area contributed by atoms with Crippen LogP contribution >= 0.6 is 0 Å². The van der Waals surface area contributed by atoms with Crippen molar-refractivity contribution in [3.8, 4) is 0 Å². The Balaban J connectivity index is 1.48. The Hall–Kier alpha value is -2.95. The topological polar surface area (TPSA) is 47.6 Å². The number of carbonyl (C=O) groups is 1. The molecule has 1 unspecified atom stereocenters. The van der Waals surface area contributed by atoms with Crippen LogP contribution in [-0.2, 0) is 19.9 Å². The van der Waals surface area contributed by atoms with Crippen LogP contribution in [0.15, 0.2) is 91.0 Å². The van der Waals surface area contributed by atoms with Crippen LogP contribution in [0.3, 0.4) is 0 Å². The Morgan fingerprint density at radius 1 is 0.474 bits per heavy atom. The second-order valence-corrected chi connectivity index (χ2v) is 16.6. The average Bonchev–Trinajstić information content (AvgIpc) is 3.25. The maximum Gasteiger partial charge on any atom is 0.220 e. The SMILES string of the molecule is CCCCCCCCCCCCCCCCCC(=O)NCC(COC(c1ccccc1)(c1ccccc1)c1ccccc1)OCCCCCCCCCCCCC. The maximum atomic E-state index is 13.1. The third kappa shape index (κ3) is 21.0. The smallest absolute Gasteiger partial charge is 0.220 e. The van der Waals surface area contributed by atoms with Crippen molar-refractivity contribution < 1.29 is 14.3 Å². The lowest BCUT2D eigenvalue weighted by atomic mass is 9.80. The van der Waals surface area contributed by atoms with Crippen molar-refractivity contribution in [2.24, 2.45) is 0 Å². The van der Waals surface area contributed by atoms with Gasteiger partial charge in [0.15, 0.2) is 0 Å². The monoisotopic (exact) mass is 782 g/mol. The van der Waals surface area contributed by atoms with Crippen molar-refractivity contribution in [2.45, 2.75) is 199 Å². The molecule has 1 N–H and O–H groups in total. The zero-order chi connectivity index (χ0) is 40.3. The molecular formula is C53H83NO3. The van der Waals surface area contributed by atoms with Gasteiger partial charge in [0.2, 0.25) is 5.91 Å². The van der Waals surface area contributed by atoms with Crippen LogP contribution in [0.25, 0.3) is 0 Å². The van der Waals surface area contributed by atoms with Gasteiger partial charge in [0.1, 0.15) is 5.60 Å². The highest BCUT2D eigenvalue weighted by molar-refractivity contribution is 5.75. The highest BCUT2D eigenvalue weighted by atomic mass is 16.5. The van der Waals surface area contributed by atoms with E-state index in [1.807, 2.05) is 0 Å². The Kier molecular flexibility index (Phi) is 28.0. The van der Waals surface area contributed by atoms with Gasteiger partial charge in [-0.1, -0.05) is 259 Å². The number of carbonyl (C=O) groups excluding carboxylic acids is 1. The van der Waals surface area contributed by atoms with Crippen molar-refractivity contribution in [3.63, 3.8) is 0 Å². The van der Waals surface area contributed by atoms with Gasteiger partial charge in [0.05, 0.1) is 12.7 Å². The van der Waals surface area contributed by atoms with Crippen LogP contribution in [0.2, 0.25) is 0 Å². The van der Waals surface area contributed by atoms with E-state index in [1.165, 1.54) is 148 Å². The normalized spacial score (nSPS) is 12.2. The van der Waals surface area contributed by atoms with E-state index in [2.05, 4.69) is 110 Å². The third-order valence-electron chi connectivity index (χ3n) is 11.7. The fraction of sp³-hybridized carbons (Fsp3) is 0.642. The Bertz CT molecular complexity index is 1230. The molecule has 0 fully saturated rings.